The van der Waals surface area contributed by atoms with Crippen LogP contribution in [0.15, 0.2) is 24.3 Å². The van der Waals surface area contributed by atoms with E-state index in [0.29, 0.717) is 31.6 Å². The Labute approximate surface area is 260 Å². The number of carbonyl (C=O) groups excluding carboxylic acids is 4. The number of likely N-dealkylation sites (tertiary alicyclic amines) is 1. The molecule has 1 aliphatic carbocycles. The molecule has 0 aromatic heterocycles. The molecule has 0 unspecified atom stereocenters. The zero-order valence-electron chi connectivity index (χ0n) is 26.4. The molecule has 0 radical (unpaired) electrons. The summed E-state index contributed by atoms with van der Waals surface area (Å²) < 4.78 is 40.1. The van der Waals surface area contributed by atoms with Crippen LogP contribution in [0.4, 0.5) is 10.5 Å². The number of ether oxygens (including phenoxy) is 2. The number of unbranched alkanes of at least 4 members (excludes halogenated alkanes) is 4. The van der Waals surface area contributed by atoms with Gasteiger partial charge in [-0.3, -0.25) is 19.1 Å². The Morgan fingerprint density at radius 1 is 1.09 bits per heavy atom. The maximum absolute atomic E-state index is 13.7. The molecule has 44 heavy (non-hydrogen) atoms. The van der Waals surface area contributed by atoms with Crippen LogP contribution in [0.1, 0.15) is 91.9 Å². The molecule has 0 spiro atoms. The lowest BCUT2D eigenvalue weighted by Crippen LogP contribution is -2.58. The molecule has 4 amide bonds. The molecule has 1 aromatic rings. The van der Waals surface area contributed by atoms with Crippen molar-refractivity contribution in [3.63, 3.8) is 0 Å². The maximum atomic E-state index is 13.7. The predicted molar refractivity (Wildman–Crippen MR) is 165 cm³/mol. The zero-order valence-corrected chi connectivity index (χ0v) is 27.2. The molecule has 13 nitrogen and oxygen atoms in total. The number of alkyl carbamates (subject to hydrolysis) is 1. The third-order valence-electron chi connectivity index (χ3n) is 7.52. The molecule has 1 saturated carbocycles. The lowest BCUT2D eigenvalue weighted by molar-refractivity contribution is -0.141. The van der Waals surface area contributed by atoms with E-state index in [1.54, 1.807) is 32.9 Å². The van der Waals surface area contributed by atoms with Gasteiger partial charge in [0.1, 0.15) is 29.0 Å². The summed E-state index contributed by atoms with van der Waals surface area (Å²) in [6.45, 7) is 7.64. The first-order chi connectivity index (χ1) is 20.7. The van der Waals surface area contributed by atoms with Crippen LogP contribution in [0, 0.1) is 0 Å². The smallest absolute Gasteiger partial charge is 0.408 e. The van der Waals surface area contributed by atoms with E-state index in [2.05, 4.69) is 22.3 Å². The summed E-state index contributed by atoms with van der Waals surface area (Å²) in [6.07, 6.45) is 5.95. The number of hydrogen-bond acceptors (Lipinski definition) is 8. The van der Waals surface area contributed by atoms with Crippen LogP contribution in [0.5, 0.6) is 5.75 Å². The van der Waals surface area contributed by atoms with Crippen LogP contribution >= 0.6 is 0 Å². The number of nitrogens with one attached hydrogen (secondary N) is 4. The third kappa shape index (κ3) is 10.3. The number of methoxy groups -OCH3 is 1. The fourth-order valence-electron chi connectivity index (χ4n) is 5.10. The monoisotopic (exact) mass is 637 g/mol. The van der Waals surface area contributed by atoms with E-state index in [1.807, 2.05) is 4.72 Å². The van der Waals surface area contributed by atoms with Gasteiger partial charge in [0, 0.05) is 12.6 Å². The van der Waals surface area contributed by atoms with Crippen molar-refractivity contribution >= 4 is 39.7 Å². The molecule has 1 heterocycles. The van der Waals surface area contributed by atoms with Crippen LogP contribution in [-0.2, 0) is 29.3 Å². The van der Waals surface area contributed by atoms with E-state index in [0.717, 1.165) is 32.1 Å². The number of rotatable bonds is 15. The predicted octanol–water partition coefficient (Wildman–Crippen LogP) is 3.36. The van der Waals surface area contributed by atoms with Crippen molar-refractivity contribution in [1.29, 1.82) is 0 Å². The highest BCUT2D eigenvalue weighted by molar-refractivity contribution is 7.91. The summed E-state index contributed by atoms with van der Waals surface area (Å²) >= 11 is 0. The summed E-state index contributed by atoms with van der Waals surface area (Å²) in [7, 11) is -2.86. The van der Waals surface area contributed by atoms with Gasteiger partial charge in [0.15, 0.2) is 0 Å². The van der Waals surface area contributed by atoms with Crippen LogP contribution in [0.2, 0.25) is 0 Å². The van der Waals surface area contributed by atoms with Gasteiger partial charge in [0.05, 0.1) is 12.8 Å². The fraction of sp³-hybridized carbons (Fsp3) is 0.667. The second kappa shape index (κ2) is 15.0. The van der Waals surface area contributed by atoms with Crippen molar-refractivity contribution in [3.8, 4) is 5.75 Å². The Balaban J connectivity index is 1.65. The van der Waals surface area contributed by atoms with Gasteiger partial charge in [0.25, 0.3) is 5.91 Å². The first-order valence-corrected chi connectivity index (χ1v) is 16.8. The van der Waals surface area contributed by atoms with Gasteiger partial charge >= 0.3 is 16.3 Å². The summed E-state index contributed by atoms with van der Waals surface area (Å²) in [4.78, 5) is 54.2. The third-order valence-corrected chi connectivity index (χ3v) is 8.48. The molecular weight excluding hydrogens is 590 g/mol. The van der Waals surface area contributed by atoms with E-state index < -0.39 is 51.3 Å². The molecule has 2 atom stereocenters. The first kappa shape index (κ1) is 34.9. The highest BCUT2D eigenvalue weighted by Crippen LogP contribution is 2.36. The van der Waals surface area contributed by atoms with Crippen molar-refractivity contribution in [2.24, 2.45) is 0 Å². The summed E-state index contributed by atoms with van der Waals surface area (Å²) in [5.74, 6) is -1.37. The molecular formula is C30H47N5O8S. The minimum Gasteiger partial charge on any atom is -0.497 e. The number of amides is 4. The minimum absolute atomic E-state index is 0.193. The molecule has 2 fully saturated rings. The maximum Gasteiger partial charge on any atom is 0.408 e. The van der Waals surface area contributed by atoms with Crippen LogP contribution < -0.4 is 24.8 Å². The topological polar surface area (TPSA) is 172 Å². The Bertz CT molecular complexity index is 1290. The van der Waals surface area contributed by atoms with Crippen LogP contribution in [0.25, 0.3) is 0 Å². The van der Waals surface area contributed by atoms with Gasteiger partial charge in [-0.25, -0.2) is 9.52 Å². The number of benzene rings is 1. The number of hydrogen-bond donors (Lipinski definition) is 4. The van der Waals surface area contributed by atoms with E-state index in [-0.39, 0.29) is 24.4 Å². The molecule has 2 aliphatic rings. The van der Waals surface area contributed by atoms with E-state index in [1.165, 1.54) is 24.1 Å². The van der Waals surface area contributed by atoms with Crippen molar-refractivity contribution in [2.45, 2.75) is 115 Å². The number of nitrogens with zero attached hydrogens (tertiary/aromatic N) is 1. The SMILES string of the molecule is CCCCCCC[C@H](NC(=O)OC(C)(C)C)C(=O)N1CCC[C@H]1C(=O)NC1(C(=O)NS(=O)(=O)Nc2cccc(OC)c2)CC1. The molecule has 0 bridgehead atoms. The Morgan fingerprint density at radius 3 is 2.43 bits per heavy atom. The molecule has 1 saturated heterocycles. The minimum atomic E-state index is -4.30. The summed E-state index contributed by atoms with van der Waals surface area (Å²) in [5, 5.41) is 5.41. The highest BCUT2D eigenvalue weighted by Gasteiger charge is 2.53. The van der Waals surface area contributed by atoms with Gasteiger partial charge in [0.2, 0.25) is 11.8 Å². The van der Waals surface area contributed by atoms with E-state index >= 15 is 0 Å². The normalized spacial score (nSPS) is 18.1. The van der Waals surface area contributed by atoms with Gasteiger partial charge in [-0.1, -0.05) is 45.1 Å². The molecule has 4 N–H and O–H groups in total. The molecule has 14 heteroatoms. The lowest BCUT2D eigenvalue weighted by atomic mass is 10.0. The van der Waals surface area contributed by atoms with E-state index in [4.69, 9.17) is 9.47 Å². The quantitative estimate of drug-likeness (QED) is 0.212. The zero-order chi connectivity index (χ0) is 32.5. The Kier molecular flexibility index (Phi) is 11.9. The summed E-state index contributed by atoms with van der Waals surface area (Å²) in [5.41, 5.74) is -1.95. The fourth-order valence-corrected chi connectivity index (χ4v) is 6.03. The van der Waals surface area contributed by atoms with Gasteiger partial charge in [-0.15, -0.1) is 0 Å². The lowest BCUT2D eigenvalue weighted by Gasteiger charge is -2.30. The van der Waals surface area contributed by atoms with Gasteiger partial charge in [-0.05, 0) is 65.0 Å². The van der Waals surface area contributed by atoms with Crippen molar-refractivity contribution in [3.05, 3.63) is 24.3 Å². The van der Waals surface area contributed by atoms with Crippen molar-refractivity contribution < 1.29 is 37.1 Å². The molecule has 1 aromatic carbocycles. The van der Waals surface area contributed by atoms with Crippen molar-refractivity contribution in [1.82, 2.24) is 20.3 Å². The average molecular weight is 638 g/mol. The number of carbonyl (C=O) groups is 4. The molecule has 3 rings (SSSR count). The largest absolute Gasteiger partial charge is 0.497 e. The van der Waals surface area contributed by atoms with Crippen LogP contribution in [0.3, 0.4) is 0 Å². The second-order valence-electron chi connectivity index (χ2n) is 12.4. The van der Waals surface area contributed by atoms with Gasteiger partial charge < -0.3 is 25.0 Å². The average Bonchev–Trinajstić information content (AvgIpc) is 3.54. The Hall–Kier alpha value is -3.55. The second-order valence-corrected chi connectivity index (χ2v) is 13.8. The Morgan fingerprint density at radius 2 is 1.80 bits per heavy atom. The van der Waals surface area contributed by atoms with Gasteiger partial charge in [-0.2, -0.15) is 8.42 Å². The molecule has 1 aliphatic heterocycles. The van der Waals surface area contributed by atoms with Crippen LogP contribution in [-0.4, -0.2) is 74.0 Å². The summed E-state index contributed by atoms with van der Waals surface area (Å²) in [6, 6.07) is 4.47. The standard InChI is InChI=1S/C30H47N5O8S/c1-6-7-8-9-10-15-23(31-28(39)43-29(2,3)4)26(37)35-19-12-16-24(35)25(36)32-30(17-18-30)27(38)34-44(40,41)33-21-13-11-14-22(20-21)42-5/h11,13-14,20,23-24,33H,6-10,12,15-19H2,1-5H3,(H,31,39)(H,32,36)(H,34,38)/t23-,24-/m0/s1. The molecule has 246 valence electrons. The number of anilines is 1. The first-order valence-electron chi connectivity index (χ1n) is 15.3. The van der Waals surface area contributed by atoms with E-state index in [9.17, 15) is 27.6 Å². The van der Waals surface area contributed by atoms with Crippen molar-refractivity contribution in [2.75, 3.05) is 18.4 Å². The highest BCUT2D eigenvalue weighted by atomic mass is 32.2.